The van der Waals surface area contributed by atoms with Crippen molar-refractivity contribution in [2.45, 2.75) is 91.9 Å². The van der Waals surface area contributed by atoms with Crippen LogP contribution in [-0.2, 0) is 10.8 Å². The second kappa shape index (κ2) is 10.4. The molecule has 0 bridgehead atoms. The Hall–Kier alpha value is -3.92. The maximum Gasteiger partial charge on any atom is 0.0385 e. The van der Waals surface area contributed by atoms with Gasteiger partial charge in [-0.15, -0.1) is 0 Å². The van der Waals surface area contributed by atoms with Gasteiger partial charge in [-0.25, -0.2) is 0 Å². The SMILES string of the molecule is Cc1cc(C)c(N)c(C2(c3cc(C)cc(C)c3N)CCC(c3cc(C)cc(C)c3N)(c3cc(C)cc(C)c3N)CC2)c1. The van der Waals surface area contributed by atoms with E-state index >= 15 is 0 Å². The average molecular weight is 561 g/mol. The molecular weight excluding hydrogens is 512 g/mol. The van der Waals surface area contributed by atoms with E-state index in [1.807, 2.05) is 0 Å². The van der Waals surface area contributed by atoms with Crippen molar-refractivity contribution in [3.8, 4) is 0 Å². The number of nitrogens with two attached hydrogens (primary N) is 4. The second-order valence-electron chi connectivity index (χ2n) is 13.3. The average Bonchev–Trinajstić information content (AvgIpc) is 2.92. The number of hydrogen-bond acceptors (Lipinski definition) is 4. The zero-order valence-electron chi connectivity index (χ0n) is 26.8. The number of rotatable bonds is 4. The van der Waals surface area contributed by atoms with Gasteiger partial charge in [0.25, 0.3) is 0 Å². The summed E-state index contributed by atoms with van der Waals surface area (Å²) in [5.74, 6) is 0. The van der Waals surface area contributed by atoms with Crippen LogP contribution in [0.5, 0.6) is 0 Å². The van der Waals surface area contributed by atoms with Crippen LogP contribution in [0.4, 0.5) is 22.7 Å². The van der Waals surface area contributed by atoms with Crippen LogP contribution in [0, 0.1) is 55.4 Å². The first-order valence-corrected chi connectivity index (χ1v) is 15.2. The van der Waals surface area contributed by atoms with E-state index in [0.29, 0.717) is 0 Å². The van der Waals surface area contributed by atoms with Gasteiger partial charge in [0.05, 0.1) is 0 Å². The van der Waals surface area contributed by atoms with E-state index in [4.69, 9.17) is 22.9 Å². The van der Waals surface area contributed by atoms with Gasteiger partial charge in [0.1, 0.15) is 0 Å². The molecule has 220 valence electrons. The Bertz CT molecular complexity index is 1460. The van der Waals surface area contributed by atoms with Crippen LogP contribution in [0.1, 0.15) is 92.4 Å². The Morgan fingerprint density at radius 3 is 0.738 bits per heavy atom. The summed E-state index contributed by atoms with van der Waals surface area (Å²) in [6.07, 6.45) is 3.47. The van der Waals surface area contributed by atoms with E-state index in [1.54, 1.807) is 0 Å². The monoisotopic (exact) mass is 560 g/mol. The van der Waals surface area contributed by atoms with Gasteiger partial charge in [-0.1, -0.05) is 70.8 Å². The van der Waals surface area contributed by atoms with Gasteiger partial charge in [0.15, 0.2) is 0 Å². The highest BCUT2D eigenvalue weighted by atomic mass is 14.7. The molecule has 42 heavy (non-hydrogen) atoms. The summed E-state index contributed by atoms with van der Waals surface area (Å²) in [4.78, 5) is 0. The normalized spacial score (nSPS) is 16.0. The topological polar surface area (TPSA) is 104 Å². The van der Waals surface area contributed by atoms with Crippen molar-refractivity contribution in [3.63, 3.8) is 0 Å². The minimum Gasteiger partial charge on any atom is -0.398 e. The summed E-state index contributed by atoms with van der Waals surface area (Å²) >= 11 is 0. The summed E-state index contributed by atoms with van der Waals surface area (Å²) in [5.41, 5.74) is 44.7. The minimum atomic E-state index is -0.341. The van der Waals surface area contributed by atoms with Crippen LogP contribution in [-0.4, -0.2) is 0 Å². The molecule has 0 atom stereocenters. The zero-order chi connectivity index (χ0) is 30.7. The van der Waals surface area contributed by atoms with E-state index in [-0.39, 0.29) is 10.8 Å². The molecule has 1 aliphatic rings. The predicted octanol–water partition coefficient (Wildman–Crippen LogP) is 8.33. The van der Waals surface area contributed by atoms with Gasteiger partial charge in [-0.2, -0.15) is 0 Å². The summed E-state index contributed by atoms with van der Waals surface area (Å²) in [5, 5.41) is 0. The van der Waals surface area contributed by atoms with E-state index in [9.17, 15) is 0 Å². The molecule has 4 aromatic carbocycles. The molecule has 0 heterocycles. The van der Waals surface area contributed by atoms with Crippen LogP contribution in [0.15, 0.2) is 48.5 Å². The molecule has 0 aromatic heterocycles. The highest BCUT2D eigenvalue weighted by molar-refractivity contribution is 5.70. The van der Waals surface area contributed by atoms with Crippen LogP contribution < -0.4 is 22.9 Å². The quantitative estimate of drug-likeness (QED) is 0.188. The minimum absolute atomic E-state index is 0.341. The molecule has 5 rings (SSSR count). The zero-order valence-corrected chi connectivity index (χ0v) is 26.8. The first-order chi connectivity index (χ1) is 19.7. The lowest BCUT2D eigenvalue weighted by Gasteiger charge is -2.50. The van der Waals surface area contributed by atoms with Crippen LogP contribution in [0.25, 0.3) is 0 Å². The third-order valence-corrected chi connectivity index (χ3v) is 10.1. The van der Waals surface area contributed by atoms with Gasteiger partial charge in [0, 0.05) is 33.6 Å². The number of nitrogen functional groups attached to an aromatic ring is 4. The van der Waals surface area contributed by atoms with Crippen molar-refractivity contribution >= 4 is 22.7 Å². The largest absolute Gasteiger partial charge is 0.398 e. The van der Waals surface area contributed by atoms with Crippen LogP contribution in [0.3, 0.4) is 0 Å². The van der Waals surface area contributed by atoms with E-state index in [0.717, 1.165) is 70.7 Å². The molecule has 0 unspecified atom stereocenters. The van der Waals surface area contributed by atoms with Crippen molar-refractivity contribution in [2.75, 3.05) is 22.9 Å². The fraction of sp³-hybridized carbons (Fsp3) is 0.368. The lowest BCUT2D eigenvalue weighted by Crippen LogP contribution is -2.43. The van der Waals surface area contributed by atoms with Gasteiger partial charge in [0.2, 0.25) is 0 Å². The molecule has 0 amide bonds. The Morgan fingerprint density at radius 1 is 0.357 bits per heavy atom. The van der Waals surface area contributed by atoms with Crippen molar-refractivity contribution in [1.82, 2.24) is 0 Å². The molecule has 1 fully saturated rings. The summed E-state index contributed by atoms with van der Waals surface area (Å²) < 4.78 is 0. The van der Waals surface area contributed by atoms with E-state index in [1.165, 1.54) is 44.5 Å². The summed E-state index contributed by atoms with van der Waals surface area (Å²) in [7, 11) is 0. The van der Waals surface area contributed by atoms with Gasteiger partial charge < -0.3 is 22.9 Å². The highest BCUT2D eigenvalue weighted by Gasteiger charge is 2.49. The molecule has 0 aliphatic heterocycles. The maximum absolute atomic E-state index is 6.97. The molecule has 4 heteroatoms. The Kier molecular flexibility index (Phi) is 7.33. The lowest BCUT2D eigenvalue weighted by atomic mass is 9.54. The summed E-state index contributed by atoms with van der Waals surface area (Å²) in [6, 6.07) is 17.9. The van der Waals surface area contributed by atoms with Crippen molar-refractivity contribution in [3.05, 3.63) is 115 Å². The first kappa shape index (κ1) is 29.6. The molecular formula is C38H48N4. The molecule has 4 nitrogen and oxygen atoms in total. The fourth-order valence-corrected chi connectivity index (χ4v) is 7.97. The van der Waals surface area contributed by atoms with Gasteiger partial charge in [-0.3, -0.25) is 0 Å². The van der Waals surface area contributed by atoms with Crippen molar-refractivity contribution < 1.29 is 0 Å². The lowest BCUT2D eigenvalue weighted by molar-refractivity contribution is 0.259. The second-order valence-corrected chi connectivity index (χ2v) is 13.3. The Labute approximate surface area is 252 Å². The third kappa shape index (κ3) is 4.62. The Balaban J connectivity index is 1.81. The van der Waals surface area contributed by atoms with Crippen molar-refractivity contribution in [2.24, 2.45) is 0 Å². The fourth-order valence-electron chi connectivity index (χ4n) is 7.97. The maximum atomic E-state index is 6.97. The molecule has 1 saturated carbocycles. The molecule has 0 saturated heterocycles. The van der Waals surface area contributed by atoms with Gasteiger partial charge in [-0.05, 0) is 126 Å². The molecule has 1 aliphatic carbocycles. The van der Waals surface area contributed by atoms with E-state index in [2.05, 4.69) is 104 Å². The molecule has 0 spiro atoms. The number of benzene rings is 4. The van der Waals surface area contributed by atoms with Gasteiger partial charge >= 0.3 is 0 Å². The number of hydrogen-bond donors (Lipinski definition) is 4. The standard InChI is InChI=1S/C38H48N4/c1-21-13-25(5)33(39)29(17-21)37(30-18-22(2)14-26(6)34(30)40)9-11-38(12-10-37,31-19-23(3)15-27(7)35(31)41)32-20-24(4)16-28(8)36(32)42/h13-20H,9-12,39-42H2,1-8H3. The smallest absolute Gasteiger partial charge is 0.0385 e. The van der Waals surface area contributed by atoms with Crippen LogP contribution in [0.2, 0.25) is 0 Å². The number of anilines is 4. The first-order valence-electron chi connectivity index (χ1n) is 15.2. The Morgan fingerprint density at radius 2 is 0.548 bits per heavy atom. The predicted molar refractivity (Wildman–Crippen MR) is 181 cm³/mol. The van der Waals surface area contributed by atoms with E-state index < -0.39 is 0 Å². The molecule has 8 N–H and O–H groups in total. The van der Waals surface area contributed by atoms with Crippen LogP contribution >= 0.6 is 0 Å². The third-order valence-electron chi connectivity index (χ3n) is 10.1. The summed E-state index contributed by atoms with van der Waals surface area (Å²) in [6.45, 7) is 17.1. The number of aryl methyl sites for hydroxylation is 8. The molecule has 4 aromatic rings. The van der Waals surface area contributed by atoms with Crippen molar-refractivity contribution in [1.29, 1.82) is 0 Å². The highest BCUT2D eigenvalue weighted by Crippen LogP contribution is 2.58. The molecule has 0 radical (unpaired) electrons.